The first kappa shape index (κ1) is 32.2. The van der Waals surface area contributed by atoms with Gasteiger partial charge in [-0.1, -0.05) is 56.3 Å². The van der Waals surface area contributed by atoms with Crippen molar-refractivity contribution < 1.29 is 0 Å². The summed E-state index contributed by atoms with van der Waals surface area (Å²) < 4.78 is 0. The van der Waals surface area contributed by atoms with Crippen molar-refractivity contribution in [2.75, 3.05) is 57.0 Å². The number of benzene rings is 2. The standard InChI is InChI=1S/C35H55N7/c1-5-23-42(24-6-2)27-31(37-26-28-13-8-7-9-14-28)15-12-22-36-25-29-18-20-30(21-19-29)38-35-39-33-17-11-10-16-32(33)34(40-35)41(3)4/h7-11,13-14,16-17,29-31,36-37H,5-6,12,15,18-27H2,1-4H3,(H,38,39,40)/t29-,30+,31?. The molecule has 230 valence electrons. The molecule has 1 fully saturated rings. The van der Waals surface area contributed by atoms with E-state index in [-0.39, 0.29) is 0 Å². The first-order valence-corrected chi connectivity index (χ1v) is 16.5. The van der Waals surface area contributed by atoms with Crippen LogP contribution in [0, 0.1) is 5.92 Å². The van der Waals surface area contributed by atoms with E-state index in [2.05, 4.69) is 88.1 Å². The fraction of sp³-hybridized carbons (Fsp3) is 0.600. The van der Waals surface area contributed by atoms with Crippen molar-refractivity contribution >= 4 is 22.7 Å². The van der Waals surface area contributed by atoms with Crippen molar-refractivity contribution in [2.45, 2.75) is 83.8 Å². The van der Waals surface area contributed by atoms with Gasteiger partial charge in [0, 0.05) is 44.7 Å². The average molecular weight is 574 g/mol. The molecule has 3 N–H and O–H groups in total. The van der Waals surface area contributed by atoms with Crippen LogP contribution in [0.2, 0.25) is 0 Å². The third-order valence-electron chi connectivity index (χ3n) is 8.52. The van der Waals surface area contributed by atoms with Crippen LogP contribution in [0.5, 0.6) is 0 Å². The Morgan fingerprint density at radius 3 is 2.31 bits per heavy atom. The molecular formula is C35H55N7. The van der Waals surface area contributed by atoms with Crippen LogP contribution >= 0.6 is 0 Å². The number of rotatable bonds is 18. The zero-order valence-corrected chi connectivity index (χ0v) is 26.6. The molecule has 0 amide bonds. The summed E-state index contributed by atoms with van der Waals surface area (Å²) in [5, 5.41) is 12.4. The molecular weight excluding hydrogens is 518 g/mol. The van der Waals surface area contributed by atoms with Gasteiger partial charge in [-0.25, -0.2) is 4.98 Å². The Kier molecular flexibility index (Phi) is 13.3. The van der Waals surface area contributed by atoms with Crippen LogP contribution in [0.4, 0.5) is 11.8 Å². The molecule has 0 spiro atoms. The van der Waals surface area contributed by atoms with E-state index in [4.69, 9.17) is 9.97 Å². The molecule has 1 aromatic heterocycles. The third kappa shape index (κ3) is 10.2. The van der Waals surface area contributed by atoms with E-state index in [1.54, 1.807) is 0 Å². The highest BCUT2D eigenvalue weighted by Gasteiger charge is 2.22. The predicted molar refractivity (Wildman–Crippen MR) is 179 cm³/mol. The lowest BCUT2D eigenvalue weighted by Crippen LogP contribution is -2.42. The van der Waals surface area contributed by atoms with Crippen LogP contribution in [0.3, 0.4) is 0 Å². The summed E-state index contributed by atoms with van der Waals surface area (Å²) in [6, 6.07) is 20.1. The van der Waals surface area contributed by atoms with Crippen LogP contribution in [-0.2, 0) is 6.54 Å². The van der Waals surface area contributed by atoms with E-state index >= 15 is 0 Å². The van der Waals surface area contributed by atoms with Gasteiger partial charge in [0.25, 0.3) is 0 Å². The van der Waals surface area contributed by atoms with Gasteiger partial charge < -0.3 is 25.8 Å². The molecule has 1 aliphatic carbocycles. The lowest BCUT2D eigenvalue weighted by Gasteiger charge is -2.30. The van der Waals surface area contributed by atoms with Crippen LogP contribution in [0.1, 0.15) is 70.8 Å². The number of hydrogen-bond donors (Lipinski definition) is 3. The van der Waals surface area contributed by atoms with Crippen molar-refractivity contribution in [2.24, 2.45) is 5.92 Å². The van der Waals surface area contributed by atoms with Gasteiger partial charge >= 0.3 is 0 Å². The second-order valence-electron chi connectivity index (χ2n) is 12.4. The molecule has 0 saturated heterocycles. The maximum atomic E-state index is 4.85. The largest absolute Gasteiger partial charge is 0.362 e. The maximum absolute atomic E-state index is 4.85. The molecule has 1 unspecified atom stereocenters. The highest BCUT2D eigenvalue weighted by atomic mass is 15.2. The van der Waals surface area contributed by atoms with Crippen molar-refractivity contribution in [1.82, 2.24) is 25.5 Å². The molecule has 7 nitrogen and oxygen atoms in total. The minimum Gasteiger partial charge on any atom is -0.362 e. The number of anilines is 2. The highest BCUT2D eigenvalue weighted by molar-refractivity contribution is 5.90. The van der Waals surface area contributed by atoms with Gasteiger partial charge in [0.15, 0.2) is 0 Å². The molecule has 0 aliphatic heterocycles. The summed E-state index contributed by atoms with van der Waals surface area (Å²) in [7, 11) is 4.09. The van der Waals surface area contributed by atoms with E-state index in [0.717, 1.165) is 54.8 Å². The summed E-state index contributed by atoms with van der Waals surface area (Å²) in [6.45, 7) is 11.3. The number of fused-ring (bicyclic) bond motifs is 1. The second-order valence-corrected chi connectivity index (χ2v) is 12.4. The molecule has 3 aromatic rings. The normalized spacial score (nSPS) is 17.9. The van der Waals surface area contributed by atoms with E-state index in [1.165, 1.54) is 70.0 Å². The Morgan fingerprint density at radius 1 is 0.881 bits per heavy atom. The van der Waals surface area contributed by atoms with Crippen LogP contribution in [0.25, 0.3) is 10.9 Å². The average Bonchev–Trinajstić information content (AvgIpc) is 3.00. The minimum atomic E-state index is 0.447. The minimum absolute atomic E-state index is 0.447. The summed E-state index contributed by atoms with van der Waals surface area (Å²) in [5.41, 5.74) is 2.37. The number of nitrogens with zero attached hydrogens (tertiary/aromatic N) is 4. The number of aromatic nitrogens is 2. The van der Waals surface area contributed by atoms with E-state index in [9.17, 15) is 0 Å². The van der Waals surface area contributed by atoms with Gasteiger partial charge in [-0.05, 0) is 101 Å². The molecule has 1 saturated carbocycles. The van der Waals surface area contributed by atoms with Crippen LogP contribution in [0.15, 0.2) is 54.6 Å². The molecule has 1 atom stereocenters. The lowest BCUT2D eigenvalue weighted by molar-refractivity contribution is 0.233. The third-order valence-corrected chi connectivity index (χ3v) is 8.52. The Labute approximate surface area is 254 Å². The SMILES string of the molecule is CCCN(CCC)CC(CCCNC[C@H]1CC[C@@H](Nc2nc(N(C)C)c3ccccc3n2)CC1)NCc1ccccc1. The number of nitrogens with one attached hydrogen (secondary N) is 3. The molecule has 2 aromatic carbocycles. The first-order chi connectivity index (χ1) is 20.6. The van der Waals surface area contributed by atoms with Crippen molar-refractivity contribution in [3.8, 4) is 0 Å². The lowest BCUT2D eigenvalue weighted by atomic mass is 9.86. The predicted octanol–water partition coefficient (Wildman–Crippen LogP) is 6.32. The molecule has 0 radical (unpaired) electrons. The molecule has 4 rings (SSSR count). The summed E-state index contributed by atoms with van der Waals surface area (Å²) in [6.07, 6.45) is 9.72. The Bertz CT molecular complexity index is 1150. The zero-order chi connectivity index (χ0) is 29.6. The topological polar surface area (TPSA) is 68.3 Å². The number of hydrogen-bond acceptors (Lipinski definition) is 7. The Hall–Kier alpha value is -2.74. The second kappa shape index (κ2) is 17.4. The quantitative estimate of drug-likeness (QED) is 0.154. The monoisotopic (exact) mass is 573 g/mol. The fourth-order valence-corrected chi connectivity index (χ4v) is 6.29. The first-order valence-electron chi connectivity index (χ1n) is 16.5. The van der Waals surface area contributed by atoms with E-state index < -0.39 is 0 Å². The summed E-state index contributed by atoms with van der Waals surface area (Å²) >= 11 is 0. The van der Waals surface area contributed by atoms with Crippen LogP contribution in [-0.4, -0.2) is 73.8 Å². The number of para-hydroxylation sites is 1. The van der Waals surface area contributed by atoms with Crippen molar-refractivity contribution in [3.05, 3.63) is 60.2 Å². The van der Waals surface area contributed by atoms with Gasteiger partial charge in [-0.15, -0.1) is 0 Å². The maximum Gasteiger partial charge on any atom is 0.225 e. The van der Waals surface area contributed by atoms with E-state index in [0.29, 0.717) is 12.1 Å². The molecule has 7 heteroatoms. The molecule has 1 heterocycles. The van der Waals surface area contributed by atoms with Gasteiger partial charge in [-0.2, -0.15) is 4.98 Å². The van der Waals surface area contributed by atoms with Gasteiger partial charge in [0.2, 0.25) is 5.95 Å². The summed E-state index contributed by atoms with van der Waals surface area (Å²) in [5.74, 6) is 2.49. The molecule has 42 heavy (non-hydrogen) atoms. The van der Waals surface area contributed by atoms with Crippen molar-refractivity contribution in [1.29, 1.82) is 0 Å². The van der Waals surface area contributed by atoms with Crippen molar-refractivity contribution in [3.63, 3.8) is 0 Å². The van der Waals surface area contributed by atoms with Gasteiger partial charge in [0.1, 0.15) is 5.82 Å². The van der Waals surface area contributed by atoms with Gasteiger partial charge in [0.05, 0.1) is 5.52 Å². The van der Waals surface area contributed by atoms with Crippen LogP contribution < -0.4 is 20.9 Å². The molecule has 1 aliphatic rings. The fourth-order valence-electron chi connectivity index (χ4n) is 6.29. The zero-order valence-electron chi connectivity index (χ0n) is 26.6. The Balaban J connectivity index is 1.18. The highest BCUT2D eigenvalue weighted by Crippen LogP contribution is 2.28. The Morgan fingerprint density at radius 2 is 1.60 bits per heavy atom. The summed E-state index contributed by atoms with van der Waals surface area (Å²) in [4.78, 5) is 14.4. The smallest absolute Gasteiger partial charge is 0.225 e. The van der Waals surface area contributed by atoms with Gasteiger partial charge in [-0.3, -0.25) is 0 Å². The van der Waals surface area contributed by atoms with E-state index in [1.807, 2.05) is 20.2 Å². The molecule has 0 bridgehead atoms.